The third-order valence-electron chi connectivity index (χ3n) is 6.55. The maximum absolute atomic E-state index is 13.1. The molecule has 0 bridgehead atoms. The van der Waals surface area contributed by atoms with Crippen molar-refractivity contribution in [2.45, 2.75) is 24.4 Å². The molecule has 0 unspecified atom stereocenters. The standard InChI is InChI=1S/C28H28N4O3S/c1-21-19-32(18-17-31(21)20-22-7-3-2-4-8-22)28(33)24-12-14-25(15-13-24)30-36(34,35)26-11-5-9-23-10-6-16-29-27(23)26/h2-16,21,30H,17-20H2,1H3/t21-/m0/s1. The number of benzene rings is 3. The van der Waals surface area contributed by atoms with Crippen LogP contribution in [-0.4, -0.2) is 54.8 Å². The number of rotatable bonds is 6. The molecule has 8 heteroatoms. The molecule has 2 heterocycles. The Kier molecular flexibility index (Phi) is 6.71. The lowest BCUT2D eigenvalue weighted by molar-refractivity contribution is 0.0495. The molecular weight excluding hydrogens is 472 g/mol. The second-order valence-electron chi connectivity index (χ2n) is 9.07. The number of carbonyl (C=O) groups is 1. The number of nitrogens with one attached hydrogen (secondary N) is 1. The molecule has 0 radical (unpaired) electrons. The van der Waals surface area contributed by atoms with Gasteiger partial charge in [0.1, 0.15) is 4.90 Å². The Morgan fingerprint density at radius 2 is 1.69 bits per heavy atom. The molecule has 0 aliphatic carbocycles. The van der Waals surface area contributed by atoms with Crippen molar-refractivity contribution in [1.29, 1.82) is 0 Å². The Bertz CT molecular complexity index is 1470. The number of fused-ring (bicyclic) bond motifs is 1. The topological polar surface area (TPSA) is 82.6 Å². The number of sulfonamides is 1. The Labute approximate surface area is 211 Å². The van der Waals surface area contributed by atoms with Gasteiger partial charge in [0.2, 0.25) is 0 Å². The zero-order chi connectivity index (χ0) is 25.1. The number of pyridine rings is 1. The van der Waals surface area contributed by atoms with Gasteiger partial charge >= 0.3 is 0 Å². The number of piperazine rings is 1. The van der Waals surface area contributed by atoms with Gasteiger partial charge in [-0.1, -0.05) is 48.5 Å². The zero-order valence-electron chi connectivity index (χ0n) is 20.0. The third kappa shape index (κ3) is 5.10. The van der Waals surface area contributed by atoms with Crippen molar-refractivity contribution in [3.05, 3.63) is 102 Å². The molecular formula is C28H28N4O3S. The number of amides is 1. The van der Waals surface area contributed by atoms with Crippen LogP contribution < -0.4 is 4.72 Å². The van der Waals surface area contributed by atoms with Crippen molar-refractivity contribution in [1.82, 2.24) is 14.8 Å². The van der Waals surface area contributed by atoms with Crippen LogP contribution in [0.2, 0.25) is 0 Å². The highest BCUT2D eigenvalue weighted by molar-refractivity contribution is 7.93. The predicted molar refractivity (Wildman–Crippen MR) is 141 cm³/mol. The van der Waals surface area contributed by atoms with Crippen LogP contribution in [0.15, 0.2) is 96.0 Å². The summed E-state index contributed by atoms with van der Waals surface area (Å²) in [5, 5.41) is 0.749. The maximum atomic E-state index is 13.1. The summed E-state index contributed by atoms with van der Waals surface area (Å²) in [6, 6.07) is 25.8. The molecule has 184 valence electrons. The predicted octanol–water partition coefficient (Wildman–Crippen LogP) is 4.38. The molecule has 1 amide bonds. The van der Waals surface area contributed by atoms with E-state index in [1.807, 2.05) is 35.2 Å². The maximum Gasteiger partial charge on any atom is 0.264 e. The fraction of sp³-hybridized carbons (Fsp3) is 0.214. The quantitative estimate of drug-likeness (QED) is 0.425. The van der Waals surface area contributed by atoms with Gasteiger partial charge in [-0.3, -0.25) is 19.4 Å². The molecule has 3 aromatic carbocycles. The molecule has 36 heavy (non-hydrogen) atoms. The van der Waals surface area contributed by atoms with Gasteiger partial charge in [0.05, 0.1) is 5.52 Å². The van der Waals surface area contributed by atoms with Crippen LogP contribution >= 0.6 is 0 Å². The van der Waals surface area contributed by atoms with E-state index in [-0.39, 0.29) is 16.8 Å². The molecule has 4 aromatic rings. The van der Waals surface area contributed by atoms with Gasteiger partial charge in [-0.2, -0.15) is 0 Å². The fourth-order valence-corrected chi connectivity index (χ4v) is 5.84. The highest BCUT2D eigenvalue weighted by Gasteiger charge is 2.27. The Morgan fingerprint density at radius 3 is 2.44 bits per heavy atom. The summed E-state index contributed by atoms with van der Waals surface area (Å²) in [4.78, 5) is 21.7. The van der Waals surface area contributed by atoms with Gasteiger partial charge in [0.25, 0.3) is 15.9 Å². The minimum absolute atomic E-state index is 0.0473. The number of nitrogens with zero attached hydrogens (tertiary/aromatic N) is 3. The van der Waals surface area contributed by atoms with E-state index in [9.17, 15) is 13.2 Å². The number of hydrogen-bond donors (Lipinski definition) is 1. The lowest BCUT2D eigenvalue weighted by Crippen LogP contribution is -2.53. The fourth-order valence-electron chi connectivity index (χ4n) is 4.60. The van der Waals surface area contributed by atoms with Crippen LogP contribution in [-0.2, 0) is 16.6 Å². The van der Waals surface area contributed by atoms with E-state index in [0.29, 0.717) is 29.9 Å². The van der Waals surface area contributed by atoms with Gasteiger partial charge in [-0.15, -0.1) is 0 Å². The van der Waals surface area contributed by atoms with E-state index in [1.165, 1.54) is 11.6 Å². The van der Waals surface area contributed by atoms with E-state index in [4.69, 9.17) is 0 Å². The number of hydrogen-bond acceptors (Lipinski definition) is 5. The van der Waals surface area contributed by atoms with Gasteiger partial charge in [-0.25, -0.2) is 8.42 Å². The van der Waals surface area contributed by atoms with Crippen molar-refractivity contribution >= 4 is 32.5 Å². The molecule has 1 aromatic heterocycles. The van der Waals surface area contributed by atoms with E-state index in [2.05, 4.69) is 33.7 Å². The molecule has 0 spiro atoms. The highest BCUT2D eigenvalue weighted by atomic mass is 32.2. The normalized spacial score (nSPS) is 16.7. The summed E-state index contributed by atoms with van der Waals surface area (Å²) in [7, 11) is -3.85. The lowest BCUT2D eigenvalue weighted by Gasteiger charge is -2.40. The van der Waals surface area contributed by atoms with Crippen molar-refractivity contribution < 1.29 is 13.2 Å². The average molecular weight is 501 g/mol. The first kappa shape index (κ1) is 24.0. The second kappa shape index (κ2) is 10.1. The number of aromatic nitrogens is 1. The minimum Gasteiger partial charge on any atom is -0.336 e. The molecule has 1 fully saturated rings. The van der Waals surface area contributed by atoms with Crippen molar-refractivity contribution in [3.63, 3.8) is 0 Å². The molecule has 1 saturated heterocycles. The van der Waals surface area contributed by atoms with Crippen LogP contribution in [0.4, 0.5) is 5.69 Å². The smallest absolute Gasteiger partial charge is 0.264 e. The first-order valence-corrected chi connectivity index (χ1v) is 13.4. The Hall–Kier alpha value is -3.75. The first-order chi connectivity index (χ1) is 17.4. The summed E-state index contributed by atoms with van der Waals surface area (Å²) < 4.78 is 28.7. The van der Waals surface area contributed by atoms with Crippen LogP contribution in [0, 0.1) is 0 Å². The Balaban J connectivity index is 1.24. The van der Waals surface area contributed by atoms with Crippen LogP contribution in [0.3, 0.4) is 0 Å². The summed E-state index contributed by atoms with van der Waals surface area (Å²) in [5.41, 5.74) is 2.61. The molecule has 1 N–H and O–H groups in total. The molecule has 1 aliphatic heterocycles. The van der Waals surface area contributed by atoms with Crippen molar-refractivity contribution in [3.8, 4) is 0 Å². The Morgan fingerprint density at radius 1 is 0.944 bits per heavy atom. The van der Waals surface area contributed by atoms with Gasteiger partial charge in [-0.05, 0) is 48.9 Å². The molecule has 1 atom stereocenters. The number of carbonyl (C=O) groups excluding carboxylic acids is 1. The summed E-state index contributed by atoms with van der Waals surface area (Å²) >= 11 is 0. The summed E-state index contributed by atoms with van der Waals surface area (Å²) in [6.07, 6.45) is 1.57. The van der Waals surface area contributed by atoms with E-state index < -0.39 is 10.0 Å². The average Bonchev–Trinajstić information content (AvgIpc) is 2.90. The highest BCUT2D eigenvalue weighted by Crippen LogP contribution is 2.24. The van der Waals surface area contributed by atoms with Crippen LogP contribution in [0.25, 0.3) is 10.9 Å². The van der Waals surface area contributed by atoms with Gasteiger partial charge < -0.3 is 4.90 Å². The molecule has 0 saturated carbocycles. The largest absolute Gasteiger partial charge is 0.336 e. The summed E-state index contributed by atoms with van der Waals surface area (Å²) in [6.45, 7) is 5.11. The van der Waals surface area contributed by atoms with E-state index >= 15 is 0 Å². The SMILES string of the molecule is C[C@H]1CN(C(=O)c2ccc(NS(=O)(=O)c3cccc4cccnc34)cc2)CCN1Cc1ccccc1. The minimum atomic E-state index is -3.85. The van der Waals surface area contributed by atoms with E-state index in [1.54, 1.807) is 42.6 Å². The number of anilines is 1. The molecule has 5 rings (SSSR count). The monoisotopic (exact) mass is 500 g/mol. The van der Waals surface area contributed by atoms with Crippen LogP contribution in [0.5, 0.6) is 0 Å². The number of para-hydroxylation sites is 1. The zero-order valence-corrected chi connectivity index (χ0v) is 20.9. The van der Waals surface area contributed by atoms with Gasteiger partial charge in [0, 0.05) is 55.1 Å². The molecule has 1 aliphatic rings. The van der Waals surface area contributed by atoms with Crippen molar-refractivity contribution in [2.24, 2.45) is 0 Å². The van der Waals surface area contributed by atoms with Gasteiger partial charge in [0.15, 0.2) is 0 Å². The van der Waals surface area contributed by atoms with Crippen LogP contribution in [0.1, 0.15) is 22.8 Å². The van der Waals surface area contributed by atoms with E-state index in [0.717, 1.165) is 18.5 Å². The summed E-state index contributed by atoms with van der Waals surface area (Å²) in [5.74, 6) is -0.0473. The molecule has 7 nitrogen and oxygen atoms in total. The second-order valence-corrected chi connectivity index (χ2v) is 10.7. The first-order valence-electron chi connectivity index (χ1n) is 11.9. The lowest BCUT2D eigenvalue weighted by atomic mass is 10.1. The third-order valence-corrected chi connectivity index (χ3v) is 7.96. The van der Waals surface area contributed by atoms with Crippen molar-refractivity contribution in [2.75, 3.05) is 24.4 Å².